The van der Waals surface area contributed by atoms with Gasteiger partial charge in [-0.05, 0) is 0 Å². The van der Waals surface area contributed by atoms with E-state index in [9.17, 15) is 9.59 Å². The number of likely N-dealkylation sites (tertiary alicyclic amines) is 1. The topological polar surface area (TPSA) is 63.4 Å². The molecule has 1 aliphatic heterocycles. The lowest BCUT2D eigenvalue weighted by Gasteiger charge is -2.14. The molecule has 0 aromatic carbocycles. The summed E-state index contributed by atoms with van der Waals surface area (Å²) in [6, 6.07) is -0.493. The fourth-order valence-corrected chi connectivity index (χ4v) is 0.977. The average Bonchev–Trinajstić information content (AvgIpc) is 2.14. The lowest BCUT2D eigenvalue weighted by Crippen LogP contribution is -2.39. The first kappa shape index (κ1) is 7.05. The van der Waals surface area contributed by atoms with Crippen molar-refractivity contribution in [3.05, 3.63) is 6.42 Å². The zero-order valence-electron chi connectivity index (χ0n) is 5.70. The molecule has 1 aliphatic rings. The van der Waals surface area contributed by atoms with Crippen LogP contribution in [-0.2, 0) is 9.59 Å². The minimum absolute atomic E-state index is 0.0520. The van der Waals surface area contributed by atoms with Crippen LogP contribution in [0.3, 0.4) is 0 Å². The quantitative estimate of drug-likeness (QED) is 0.504. The van der Waals surface area contributed by atoms with Gasteiger partial charge in [0.25, 0.3) is 0 Å². The second-order valence-corrected chi connectivity index (χ2v) is 2.29. The first-order valence-electron chi connectivity index (χ1n) is 3.01. The molecule has 4 nitrogen and oxygen atoms in total. The Balaban J connectivity index is 2.66. The molecule has 1 heterocycles. The second-order valence-electron chi connectivity index (χ2n) is 2.29. The molecule has 1 rings (SSSR count). The van der Waals surface area contributed by atoms with Crippen molar-refractivity contribution in [2.45, 2.75) is 12.5 Å². The highest BCUT2D eigenvalue weighted by molar-refractivity contribution is 5.92. The Morgan fingerprint density at radius 3 is 2.70 bits per heavy atom. The maximum atomic E-state index is 10.8. The summed E-state index contributed by atoms with van der Waals surface area (Å²) in [5, 5.41) is 0. The predicted octanol–water partition coefficient (Wildman–Crippen LogP) is -1.09. The summed E-state index contributed by atoms with van der Waals surface area (Å²) in [4.78, 5) is 22.7. The van der Waals surface area contributed by atoms with Gasteiger partial charge in [0.2, 0.25) is 11.8 Å². The predicted molar refractivity (Wildman–Crippen MR) is 34.7 cm³/mol. The van der Waals surface area contributed by atoms with E-state index in [4.69, 9.17) is 5.73 Å². The second kappa shape index (κ2) is 2.28. The van der Waals surface area contributed by atoms with Crippen LogP contribution in [-0.4, -0.2) is 29.8 Å². The van der Waals surface area contributed by atoms with E-state index in [2.05, 4.69) is 0 Å². The standard InChI is InChI=1S/C6H9N2O2/c1-8-4(6(7)10)2-3-5(8)9/h2,4H,3H2,1H3,(H2,7,10). The molecule has 1 unspecified atom stereocenters. The van der Waals surface area contributed by atoms with Crippen LogP contribution in [0.5, 0.6) is 0 Å². The van der Waals surface area contributed by atoms with Crippen LogP contribution in [0.15, 0.2) is 0 Å². The number of carbonyl (C=O) groups excluding carboxylic acids is 2. The molecule has 0 aromatic heterocycles. The fraction of sp³-hybridized carbons (Fsp3) is 0.500. The van der Waals surface area contributed by atoms with Crippen LogP contribution in [0.2, 0.25) is 0 Å². The van der Waals surface area contributed by atoms with E-state index in [1.54, 1.807) is 13.5 Å². The molecular weight excluding hydrogens is 132 g/mol. The number of carbonyl (C=O) groups is 2. The fourth-order valence-electron chi connectivity index (χ4n) is 0.977. The number of primary amides is 1. The Labute approximate surface area is 59.0 Å². The van der Waals surface area contributed by atoms with Crippen molar-refractivity contribution in [1.29, 1.82) is 0 Å². The highest BCUT2D eigenvalue weighted by Crippen LogP contribution is 2.13. The van der Waals surface area contributed by atoms with E-state index in [0.717, 1.165) is 0 Å². The van der Waals surface area contributed by atoms with Crippen LogP contribution in [0.25, 0.3) is 0 Å². The van der Waals surface area contributed by atoms with E-state index in [-0.39, 0.29) is 5.91 Å². The van der Waals surface area contributed by atoms with E-state index >= 15 is 0 Å². The zero-order chi connectivity index (χ0) is 7.72. The Morgan fingerprint density at radius 2 is 2.50 bits per heavy atom. The van der Waals surface area contributed by atoms with Crippen LogP contribution in [0.1, 0.15) is 6.42 Å². The first-order valence-corrected chi connectivity index (χ1v) is 3.01. The highest BCUT2D eigenvalue weighted by Gasteiger charge is 2.31. The van der Waals surface area contributed by atoms with Crippen molar-refractivity contribution in [3.63, 3.8) is 0 Å². The molecule has 2 amide bonds. The van der Waals surface area contributed by atoms with E-state index < -0.39 is 11.9 Å². The van der Waals surface area contributed by atoms with Gasteiger partial charge in [0.1, 0.15) is 6.04 Å². The van der Waals surface area contributed by atoms with Crippen molar-refractivity contribution in [2.24, 2.45) is 5.73 Å². The summed E-state index contributed by atoms with van der Waals surface area (Å²) in [5.74, 6) is -0.517. The molecule has 0 aliphatic carbocycles. The van der Waals surface area contributed by atoms with Gasteiger partial charge in [0.15, 0.2) is 0 Å². The highest BCUT2D eigenvalue weighted by atomic mass is 16.2. The van der Waals surface area contributed by atoms with Crippen molar-refractivity contribution < 1.29 is 9.59 Å². The van der Waals surface area contributed by atoms with Gasteiger partial charge in [0, 0.05) is 19.9 Å². The van der Waals surface area contributed by atoms with Crippen LogP contribution in [0, 0.1) is 6.42 Å². The average molecular weight is 141 g/mol. The summed E-state index contributed by atoms with van der Waals surface area (Å²) in [6.07, 6.45) is 1.94. The largest absolute Gasteiger partial charge is 0.368 e. The third kappa shape index (κ3) is 0.964. The maximum absolute atomic E-state index is 10.8. The van der Waals surface area contributed by atoms with Crippen molar-refractivity contribution in [3.8, 4) is 0 Å². The van der Waals surface area contributed by atoms with Crippen LogP contribution >= 0.6 is 0 Å². The minimum atomic E-state index is -0.493. The van der Waals surface area contributed by atoms with Gasteiger partial charge in [-0.1, -0.05) is 0 Å². The van der Waals surface area contributed by atoms with Crippen molar-refractivity contribution in [1.82, 2.24) is 4.90 Å². The molecule has 10 heavy (non-hydrogen) atoms. The minimum Gasteiger partial charge on any atom is -0.368 e. The molecule has 0 saturated carbocycles. The Kier molecular flexibility index (Phi) is 1.61. The van der Waals surface area contributed by atoms with Gasteiger partial charge in [-0.15, -0.1) is 0 Å². The number of hydrogen-bond donors (Lipinski definition) is 1. The smallest absolute Gasteiger partial charge is 0.240 e. The van der Waals surface area contributed by atoms with Gasteiger partial charge >= 0.3 is 0 Å². The van der Waals surface area contributed by atoms with Gasteiger partial charge in [-0.3, -0.25) is 9.59 Å². The third-order valence-corrected chi connectivity index (χ3v) is 1.62. The molecular formula is C6H9N2O2. The number of rotatable bonds is 1. The van der Waals surface area contributed by atoms with E-state index in [0.29, 0.717) is 6.42 Å². The molecule has 2 N–H and O–H groups in total. The van der Waals surface area contributed by atoms with Gasteiger partial charge in [-0.2, -0.15) is 0 Å². The molecule has 1 radical (unpaired) electrons. The van der Waals surface area contributed by atoms with E-state index in [1.807, 2.05) is 0 Å². The molecule has 0 spiro atoms. The zero-order valence-corrected chi connectivity index (χ0v) is 5.70. The van der Waals surface area contributed by atoms with Crippen LogP contribution < -0.4 is 5.73 Å². The van der Waals surface area contributed by atoms with Crippen molar-refractivity contribution >= 4 is 11.8 Å². The summed E-state index contributed by atoms with van der Waals surface area (Å²) < 4.78 is 0. The Morgan fingerprint density at radius 1 is 1.90 bits per heavy atom. The van der Waals surface area contributed by atoms with Crippen molar-refractivity contribution in [2.75, 3.05) is 7.05 Å². The summed E-state index contributed by atoms with van der Waals surface area (Å²) in [5.41, 5.74) is 4.99. The molecule has 1 saturated heterocycles. The molecule has 1 atom stereocenters. The van der Waals surface area contributed by atoms with E-state index in [1.165, 1.54) is 4.90 Å². The normalized spacial score (nSPS) is 25.5. The third-order valence-electron chi connectivity index (χ3n) is 1.62. The molecule has 1 fully saturated rings. The number of hydrogen-bond acceptors (Lipinski definition) is 2. The SMILES string of the molecule is CN1C(=O)C[CH]C1C(N)=O. The summed E-state index contributed by atoms with van der Waals surface area (Å²) in [7, 11) is 1.57. The Hall–Kier alpha value is -1.06. The maximum Gasteiger partial charge on any atom is 0.240 e. The molecule has 55 valence electrons. The number of nitrogens with zero attached hydrogens (tertiary/aromatic N) is 1. The van der Waals surface area contributed by atoms with Gasteiger partial charge in [0.05, 0.1) is 0 Å². The number of likely N-dealkylation sites (N-methyl/N-ethyl adjacent to an activating group) is 1. The first-order chi connectivity index (χ1) is 4.63. The molecule has 0 bridgehead atoms. The number of amides is 2. The molecule has 4 heteroatoms. The lowest BCUT2D eigenvalue weighted by atomic mass is 10.2. The van der Waals surface area contributed by atoms with Gasteiger partial charge in [-0.25, -0.2) is 0 Å². The summed E-state index contributed by atoms with van der Waals surface area (Å²) in [6.45, 7) is 0. The van der Waals surface area contributed by atoms with Gasteiger partial charge < -0.3 is 10.6 Å². The molecule has 0 aromatic rings. The summed E-state index contributed by atoms with van der Waals surface area (Å²) >= 11 is 0. The van der Waals surface area contributed by atoms with Crippen LogP contribution in [0.4, 0.5) is 0 Å². The number of nitrogens with two attached hydrogens (primary N) is 1. The Bertz CT molecular complexity index is 179. The lowest BCUT2D eigenvalue weighted by molar-refractivity contribution is -0.132. The monoisotopic (exact) mass is 141 g/mol.